The summed E-state index contributed by atoms with van der Waals surface area (Å²) in [6, 6.07) is 13.0. The van der Waals surface area contributed by atoms with E-state index in [0.29, 0.717) is 27.9 Å². The number of halogens is 2. The number of thioether (sulfide) groups is 1. The first-order valence-corrected chi connectivity index (χ1v) is 10.4. The number of rotatable bonds is 6. The largest absolute Gasteiger partial charge is 0.361 e. The van der Waals surface area contributed by atoms with E-state index in [1.807, 2.05) is 44.2 Å². The fraction of sp³-hybridized carbons (Fsp3) is 0.238. The molecule has 1 aromatic heterocycles. The van der Waals surface area contributed by atoms with E-state index in [4.69, 9.17) is 27.7 Å². The van der Waals surface area contributed by atoms with Gasteiger partial charge in [-0.05, 0) is 43.7 Å². The maximum Gasteiger partial charge on any atom is 0.255 e. The highest BCUT2D eigenvalue weighted by molar-refractivity contribution is 7.98. The van der Waals surface area contributed by atoms with E-state index >= 15 is 0 Å². The smallest absolute Gasteiger partial charge is 0.255 e. The third-order valence-corrected chi connectivity index (χ3v) is 6.26. The molecule has 146 valence electrons. The molecule has 0 fully saturated rings. The summed E-state index contributed by atoms with van der Waals surface area (Å²) in [5.74, 6) is 1.46. The van der Waals surface area contributed by atoms with Crippen LogP contribution in [0.25, 0.3) is 0 Å². The van der Waals surface area contributed by atoms with Crippen LogP contribution >= 0.6 is 35.0 Å². The van der Waals surface area contributed by atoms with E-state index in [0.717, 1.165) is 27.5 Å². The molecular weight excluding hydrogens is 415 g/mol. The third kappa shape index (κ3) is 4.72. The van der Waals surface area contributed by atoms with E-state index in [1.54, 1.807) is 35.8 Å². The molecule has 1 heterocycles. The average molecular weight is 435 g/mol. The summed E-state index contributed by atoms with van der Waals surface area (Å²) in [5, 5.41) is 4.97. The van der Waals surface area contributed by atoms with E-state index in [9.17, 15) is 4.79 Å². The SMILES string of the molecule is Cc1noc(C)c1CSc1ccccc1C(=O)N(C)Cc1ccc(Cl)c(Cl)c1. The minimum absolute atomic E-state index is 0.0482. The zero-order chi connectivity index (χ0) is 20.3. The molecule has 7 heteroatoms. The molecule has 0 saturated carbocycles. The van der Waals surface area contributed by atoms with Gasteiger partial charge >= 0.3 is 0 Å². The van der Waals surface area contributed by atoms with Crippen LogP contribution in [0.3, 0.4) is 0 Å². The zero-order valence-electron chi connectivity index (χ0n) is 15.8. The van der Waals surface area contributed by atoms with Crippen molar-refractivity contribution in [1.29, 1.82) is 0 Å². The Balaban J connectivity index is 1.75. The predicted octanol–water partition coefficient (Wildman–Crippen LogP) is 6.16. The van der Waals surface area contributed by atoms with Gasteiger partial charge in [0.15, 0.2) is 0 Å². The van der Waals surface area contributed by atoms with Crippen LogP contribution in [0, 0.1) is 13.8 Å². The fourth-order valence-corrected chi connectivity index (χ4v) is 4.33. The lowest BCUT2D eigenvalue weighted by Gasteiger charge is -2.19. The van der Waals surface area contributed by atoms with E-state index in [2.05, 4.69) is 5.16 Å². The van der Waals surface area contributed by atoms with Crippen molar-refractivity contribution in [1.82, 2.24) is 10.1 Å². The molecule has 0 N–H and O–H groups in total. The molecule has 0 aliphatic rings. The van der Waals surface area contributed by atoms with Crippen LogP contribution in [0.15, 0.2) is 51.9 Å². The quantitative estimate of drug-likeness (QED) is 0.435. The minimum Gasteiger partial charge on any atom is -0.361 e. The second kappa shape index (κ2) is 9.03. The topological polar surface area (TPSA) is 46.3 Å². The lowest BCUT2D eigenvalue weighted by molar-refractivity contribution is 0.0781. The van der Waals surface area contributed by atoms with Gasteiger partial charge in [0.25, 0.3) is 5.91 Å². The lowest BCUT2D eigenvalue weighted by atomic mass is 10.1. The fourth-order valence-electron chi connectivity index (χ4n) is 2.82. The van der Waals surface area contributed by atoms with Gasteiger partial charge in [0, 0.05) is 29.8 Å². The molecule has 0 spiro atoms. The van der Waals surface area contributed by atoms with Crippen LogP contribution in [0.2, 0.25) is 10.0 Å². The summed E-state index contributed by atoms with van der Waals surface area (Å²) in [5.41, 5.74) is 3.54. The standard InChI is InChI=1S/C21H20Cl2N2O2S/c1-13-17(14(2)27-24-13)12-28-20-7-5-4-6-16(20)21(26)25(3)11-15-8-9-18(22)19(23)10-15/h4-10H,11-12H2,1-3H3. The Labute approximate surface area is 178 Å². The Morgan fingerprint density at radius 1 is 1.14 bits per heavy atom. The van der Waals surface area contributed by atoms with Crippen molar-refractivity contribution >= 4 is 40.9 Å². The van der Waals surface area contributed by atoms with Crippen molar-refractivity contribution in [2.75, 3.05) is 7.05 Å². The van der Waals surface area contributed by atoms with Crippen molar-refractivity contribution in [2.45, 2.75) is 31.0 Å². The first kappa shape index (κ1) is 20.8. The molecule has 0 bridgehead atoms. The van der Waals surface area contributed by atoms with E-state index in [-0.39, 0.29) is 5.91 Å². The summed E-state index contributed by atoms with van der Waals surface area (Å²) in [4.78, 5) is 15.6. The maximum absolute atomic E-state index is 13.0. The second-order valence-electron chi connectivity index (χ2n) is 6.50. The molecule has 0 atom stereocenters. The Kier molecular flexibility index (Phi) is 6.70. The molecule has 1 amide bonds. The number of nitrogens with zero attached hydrogens (tertiary/aromatic N) is 2. The van der Waals surface area contributed by atoms with E-state index in [1.165, 1.54) is 0 Å². The van der Waals surface area contributed by atoms with Crippen molar-refractivity contribution in [2.24, 2.45) is 0 Å². The number of carbonyl (C=O) groups excluding carboxylic acids is 1. The van der Waals surface area contributed by atoms with Crippen molar-refractivity contribution in [3.8, 4) is 0 Å². The summed E-state index contributed by atoms with van der Waals surface area (Å²) in [6.45, 7) is 4.27. The zero-order valence-corrected chi connectivity index (χ0v) is 18.2. The normalized spacial score (nSPS) is 10.9. The van der Waals surface area contributed by atoms with Gasteiger partial charge in [0.2, 0.25) is 0 Å². The molecule has 0 radical (unpaired) electrons. The molecule has 4 nitrogen and oxygen atoms in total. The molecular formula is C21H20Cl2N2O2S. The molecule has 3 rings (SSSR count). The van der Waals surface area contributed by atoms with Crippen LogP contribution in [0.1, 0.15) is 32.9 Å². The van der Waals surface area contributed by atoms with Gasteiger partial charge in [-0.1, -0.05) is 46.6 Å². The van der Waals surface area contributed by atoms with Crippen LogP contribution in [0.5, 0.6) is 0 Å². The molecule has 0 aliphatic carbocycles. The molecule has 28 heavy (non-hydrogen) atoms. The Morgan fingerprint density at radius 2 is 1.89 bits per heavy atom. The van der Waals surface area contributed by atoms with Gasteiger partial charge in [0.1, 0.15) is 5.76 Å². The molecule has 0 unspecified atom stereocenters. The monoisotopic (exact) mass is 434 g/mol. The minimum atomic E-state index is -0.0482. The number of amides is 1. The van der Waals surface area contributed by atoms with Crippen LogP contribution in [-0.4, -0.2) is 23.0 Å². The van der Waals surface area contributed by atoms with Crippen molar-refractivity contribution in [3.05, 3.63) is 80.7 Å². The van der Waals surface area contributed by atoms with Gasteiger partial charge in [-0.2, -0.15) is 0 Å². The van der Waals surface area contributed by atoms with Gasteiger partial charge in [-0.15, -0.1) is 11.8 Å². The van der Waals surface area contributed by atoms with Crippen molar-refractivity contribution in [3.63, 3.8) is 0 Å². The Morgan fingerprint density at radius 3 is 2.57 bits per heavy atom. The predicted molar refractivity (Wildman–Crippen MR) is 114 cm³/mol. The number of hydrogen-bond donors (Lipinski definition) is 0. The lowest BCUT2D eigenvalue weighted by Crippen LogP contribution is -2.26. The Hall–Kier alpha value is -1.95. The van der Waals surface area contributed by atoms with Gasteiger partial charge in [-0.3, -0.25) is 4.79 Å². The first-order chi connectivity index (χ1) is 13.4. The van der Waals surface area contributed by atoms with Crippen molar-refractivity contribution < 1.29 is 9.32 Å². The van der Waals surface area contributed by atoms with Crippen LogP contribution in [-0.2, 0) is 12.3 Å². The first-order valence-electron chi connectivity index (χ1n) is 8.69. The van der Waals surface area contributed by atoms with Crippen LogP contribution in [0.4, 0.5) is 0 Å². The molecule has 2 aromatic carbocycles. The van der Waals surface area contributed by atoms with Gasteiger partial charge in [0.05, 0.1) is 21.3 Å². The van der Waals surface area contributed by atoms with Gasteiger partial charge in [-0.25, -0.2) is 0 Å². The number of carbonyl (C=O) groups is 1. The maximum atomic E-state index is 13.0. The highest BCUT2D eigenvalue weighted by Gasteiger charge is 2.18. The summed E-state index contributed by atoms with van der Waals surface area (Å²) in [7, 11) is 1.78. The van der Waals surface area contributed by atoms with Gasteiger partial charge < -0.3 is 9.42 Å². The number of aromatic nitrogens is 1. The third-order valence-electron chi connectivity index (χ3n) is 4.42. The highest BCUT2D eigenvalue weighted by atomic mass is 35.5. The second-order valence-corrected chi connectivity index (χ2v) is 8.33. The summed E-state index contributed by atoms with van der Waals surface area (Å²) in [6.07, 6.45) is 0. The molecule has 0 saturated heterocycles. The number of aryl methyl sites for hydroxylation is 2. The summed E-state index contributed by atoms with van der Waals surface area (Å²) >= 11 is 13.7. The Bertz CT molecular complexity index is 984. The van der Waals surface area contributed by atoms with Crippen LogP contribution < -0.4 is 0 Å². The summed E-state index contributed by atoms with van der Waals surface area (Å²) < 4.78 is 5.23. The van der Waals surface area contributed by atoms with E-state index < -0.39 is 0 Å². The average Bonchev–Trinajstić information content (AvgIpc) is 3.00. The molecule has 3 aromatic rings. The number of hydrogen-bond acceptors (Lipinski definition) is 4. The number of benzene rings is 2. The molecule has 0 aliphatic heterocycles. The highest BCUT2D eigenvalue weighted by Crippen LogP contribution is 2.30.